The van der Waals surface area contributed by atoms with Gasteiger partial charge in [-0.1, -0.05) is 34.4 Å². The van der Waals surface area contributed by atoms with Gasteiger partial charge in [0.05, 0.1) is 22.2 Å². The molecule has 4 rings (SSSR count). The number of nitrogens with one attached hydrogen (secondary N) is 1. The molecular weight excluding hydrogens is 644 g/mol. The van der Waals surface area contributed by atoms with Crippen LogP contribution in [0.5, 0.6) is 0 Å². The average molecular weight is 662 g/mol. The summed E-state index contributed by atoms with van der Waals surface area (Å²) in [7, 11) is 0. The number of oxime groups is 1. The second kappa shape index (κ2) is 11.9. The van der Waals surface area contributed by atoms with Crippen molar-refractivity contribution in [3.05, 3.63) is 74.3 Å². The molecule has 1 aliphatic heterocycles. The third-order valence-electron chi connectivity index (χ3n) is 6.36. The summed E-state index contributed by atoms with van der Waals surface area (Å²) >= 11 is 11.4. The molecule has 1 unspecified atom stereocenters. The number of alkyl halides is 8. The normalized spacial score (nSPS) is 17.3. The first kappa shape index (κ1) is 32.4. The number of rotatable bonds is 8. The third-order valence-corrected chi connectivity index (χ3v) is 6.91. The SMILES string of the molecule is Cc1cc(C2=NOC(c3cc(Cl)c(F)c(Cl)c3)(C(F)(F)F)C2)ccc1C(=O)Nc1nc(CCC(F)(F)F)n(CC(F)F)n1. The van der Waals surface area contributed by atoms with Crippen molar-refractivity contribution in [3.63, 3.8) is 0 Å². The summed E-state index contributed by atoms with van der Waals surface area (Å²) in [5, 5.41) is 8.15. The topological polar surface area (TPSA) is 81.4 Å². The largest absolute Gasteiger partial charge is 0.435 e. The van der Waals surface area contributed by atoms with Crippen LogP contribution in [0.4, 0.5) is 45.5 Å². The lowest BCUT2D eigenvalue weighted by Crippen LogP contribution is -2.42. The molecule has 0 spiro atoms. The summed E-state index contributed by atoms with van der Waals surface area (Å²) in [5.41, 5.74) is -3.49. The fourth-order valence-corrected chi connectivity index (χ4v) is 4.74. The predicted octanol–water partition coefficient (Wildman–Crippen LogP) is 7.63. The summed E-state index contributed by atoms with van der Waals surface area (Å²) in [6.07, 6.45) is -15.6. The highest BCUT2D eigenvalue weighted by atomic mass is 35.5. The smallest absolute Gasteiger partial charge is 0.374 e. The number of hydrogen-bond acceptors (Lipinski definition) is 5. The molecule has 0 radical (unpaired) electrons. The fourth-order valence-electron chi connectivity index (χ4n) is 4.26. The van der Waals surface area contributed by atoms with E-state index in [0.29, 0.717) is 4.68 Å². The maximum atomic E-state index is 14.3. The first-order valence-electron chi connectivity index (χ1n) is 12.1. The van der Waals surface area contributed by atoms with Gasteiger partial charge < -0.3 is 4.84 Å². The van der Waals surface area contributed by atoms with Crippen LogP contribution in [0.1, 0.15) is 45.7 Å². The highest BCUT2D eigenvalue weighted by Crippen LogP contribution is 2.50. The summed E-state index contributed by atoms with van der Waals surface area (Å²) in [5.74, 6) is -2.92. The Kier molecular flexibility index (Phi) is 8.94. The maximum absolute atomic E-state index is 14.3. The van der Waals surface area contributed by atoms with Crippen molar-refractivity contribution in [1.82, 2.24) is 14.8 Å². The molecule has 0 saturated carbocycles. The van der Waals surface area contributed by atoms with Gasteiger partial charge in [-0.3, -0.25) is 10.1 Å². The van der Waals surface area contributed by atoms with E-state index < -0.39 is 89.3 Å². The van der Waals surface area contributed by atoms with E-state index in [9.17, 15) is 44.3 Å². The molecule has 232 valence electrons. The second-order valence-corrected chi connectivity index (χ2v) is 10.2. The highest BCUT2D eigenvalue weighted by molar-refractivity contribution is 6.35. The van der Waals surface area contributed by atoms with Crippen molar-refractivity contribution in [2.24, 2.45) is 5.16 Å². The fraction of sp³-hybridized carbons (Fsp3) is 0.360. The van der Waals surface area contributed by atoms with E-state index in [1.165, 1.54) is 25.1 Å². The summed E-state index contributed by atoms with van der Waals surface area (Å²) in [6.45, 7) is 0.382. The molecule has 1 N–H and O–H groups in total. The number of hydrogen-bond donors (Lipinski definition) is 1. The number of anilines is 1. The summed E-state index contributed by atoms with van der Waals surface area (Å²) < 4.78 is 121. The molecule has 0 fully saturated rings. The van der Waals surface area contributed by atoms with Gasteiger partial charge in [-0.15, -0.1) is 5.10 Å². The van der Waals surface area contributed by atoms with Crippen LogP contribution in [-0.4, -0.2) is 45.2 Å². The second-order valence-electron chi connectivity index (χ2n) is 9.41. The summed E-state index contributed by atoms with van der Waals surface area (Å²) in [6, 6.07) is 5.28. The van der Waals surface area contributed by atoms with Gasteiger partial charge in [0.25, 0.3) is 17.9 Å². The quantitative estimate of drug-likeness (QED) is 0.199. The Hall–Kier alpha value is -3.53. The van der Waals surface area contributed by atoms with E-state index in [2.05, 4.69) is 20.6 Å². The van der Waals surface area contributed by atoms with Crippen LogP contribution in [0, 0.1) is 12.7 Å². The van der Waals surface area contributed by atoms with Gasteiger partial charge in [-0.05, 0) is 42.3 Å². The third kappa shape index (κ3) is 7.00. The van der Waals surface area contributed by atoms with Crippen molar-refractivity contribution in [2.75, 3.05) is 5.32 Å². The monoisotopic (exact) mass is 661 g/mol. The molecule has 7 nitrogen and oxygen atoms in total. The number of aryl methyl sites for hydroxylation is 2. The molecule has 3 aromatic rings. The molecule has 2 aromatic carbocycles. The zero-order valence-corrected chi connectivity index (χ0v) is 23.1. The standard InChI is InChI=1S/C25H18Cl2F9N5O2/c1-11-6-12(17-9-23(43-40-17,25(34,35)36)13-7-15(26)20(30)16(27)8-13)2-3-14(11)21(42)38-22-37-19(4-5-24(31,32)33)41(39-22)10-18(28)29/h2-3,6-8,18H,4-5,9-10H2,1H3,(H,38,39,42). The average Bonchev–Trinajstić information content (AvgIpc) is 3.50. The number of carbonyl (C=O) groups excluding carboxylic acids is 1. The van der Waals surface area contributed by atoms with Gasteiger partial charge in [0.1, 0.15) is 12.4 Å². The van der Waals surface area contributed by atoms with Crippen LogP contribution in [0.3, 0.4) is 0 Å². The van der Waals surface area contributed by atoms with Crippen LogP contribution in [0.25, 0.3) is 0 Å². The highest BCUT2D eigenvalue weighted by Gasteiger charge is 2.62. The molecule has 1 aliphatic rings. The molecule has 43 heavy (non-hydrogen) atoms. The molecule has 18 heteroatoms. The Balaban J connectivity index is 1.55. The van der Waals surface area contributed by atoms with Crippen LogP contribution in [0.15, 0.2) is 35.5 Å². The van der Waals surface area contributed by atoms with Crippen molar-refractivity contribution in [2.45, 2.75) is 57.1 Å². The van der Waals surface area contributed by atoms with Crippen LogP contribution in [-0.2, 0) is 23.4 Å². The van der Waals surface area contributed by atoms with Crippen LogP contribution in [0.2, 0.25) is 10.0 Å². The number of nitrogens with zero attached hydrogens (tertiary/aromatic N) is 4. The van der Waals surface area contributed by atoms with Crippen molar-refractivity contribution < 1.29 is 49.1 Å². The minimum Gasteiger partial charge on any atom is -0.374 e. The molecule has 2 heterocycles. The number of aromatic nitrogens is 3. The van der Waals surface area contributed by atoms with Gasteiger partial charge in [0, 0.05) is 24.0 Å². The number of carbonyl (C=O) groups is 1. The Labute approximate surface area is 246 Å². The van der Waals surface area contributed by atoms with Crippen molar-refractivity contribution in [3.8, 4) is 0 Å². The molecule has 0 bridgehead atoms. The van der Waals surface area contributed by atoms with Gasteiger partial charge in [0.2, 0.25) is 5.95 Å². The molecule has 0 saturated heterocycles. The molecular formula is C25H18Cl2F9N5O2. The Morgan fingerprint density at radius 1 is 1.12 bits per heavy atom. The van der Waals surface area contributed by atoms with Crippen molar-refractivity contribution >= 4 is 40.8 Å². The predicted molar refractivity (Wildman–Crippen MR) is 136 cm³/mol. The van der Waals surface area contributed by atoms with E-state index in [0.717, 1.165) is 12.1 Å². The van der Waals surface area contributed by atoms with Crippen molar-refractivity contribution in [1.29, 1.82) is 0 Å². The number of amides is 1. The Morgan fingerprint density at radius 3 is 2.33 bits per heavy atom. The van der Waals surface area contributed by atoms with Gasteiger partial charge in [-0.2, -0.15) is 31.3 Å². The van der Waals surface area contributed by atoms with Crippen LogP contribution >= 0.6 is 23.2 Å². The van der Waals surface area contributed by atoms with E-state index >= 15 is 0 Å². The first-order chi connectivity index (χ1) is 19.9. The first-order valence-corrected chi connectivity index (χ1v) is 12.8. The Morgan fingerprint density at radius 2 is 1.77 bits per heavy atom. The molecule has 0 aliphatic carbocycles. The van der Waals surface area contributed by atoms with E-state index in [-0.39, 0.29) is 22.4 Å². The number of halogens is 11. The minimum atomic E-state index is -5.04. The van der Waals surface area contributed by atoms with E-state index in [1.54, 1.807) is 0 Å². The Bertz CT molecular complexity index is 1550. The minimum absolute atomic E-state index is 0.0375. The van der Waals surface area contributed by atoms with E-state index in [4.69, 9.17) is 28.0 Å². The summed E-state index contributed by atoms with van der Waals surface area (Å²) in [4.78, 5) is 21.5. The lowest BCUT2D eigenvalue weighted by atomic mass is 9.86. The number of benzene rings is 2. The lowest BCUT2D eigenvalue weighted by Gasteiger charge is -2.29. The van der Waals surface area contributed by atoms with Gasteiger partial charge >= 0.3 is 12.4 Å². The molecule has 1 atom stereocenters. The van der Waals surface area contributed by atoms with Gasteiger partial charge in [0.15, 0.2) is 5.82 Å². The van der Waals surface area contributed by atoms with Crippen LogP contribution < -0.4 is 5.32 Å². The zero-order valence-electron chi connectivity index (χ0n) is 21.6. The maximum Gasteiger partial charge on any atom is 0.435 e. The van der Waals surface area contributed by atoms with Gasteiger partial charge in [-0.25, -0.2) is 17.9 Å². The lowest BCUT2D eigenvalue weighted by molar-refractivity contribution is -0.275. The molecule has 1 aromatic heterocycles. The molecule has 1 amide bonds. The zero-order chi connectivity index (χ0) is 31.9. The van der Waals surface area contributed by atoms with E-state index in [1.807, 2.05) is 0 Å².